The van der Waals surface area contributed by atoms with Crippen molar-refractivity contribution in [1.29, 1.82) is 0 Å². The predicted octanol–water partition coefficient (Wildman–Crippen LogP) is -0.761. The van der Waals surface area contributed by atoms with Crippen molar-refractivity contribution in [3.05, 3.63) is 12.0 Å². The second-order valence-electron chi connectivity index (χ2n) is 6.12. The Morgan fingerprint density at radius 3 is 2.16 bits per heavy atom. The van der Waals surface area contributed by atoms with Gasteiger partial charge in [-0.1, -0.05) is 0 Å². The van der Waals surface area contributed by atoms with Gasteiger partial charge in [0.1, 0.15) is 0 Å². The number of halogens is 1. The first kappa shape index (κ1) is 18.2. The molecule has 0 atom stereocenters. The molecule has 3 heterocycles. The van der Waals surface area contributed by atoms with E-state index in [4.69, 9.17) is 4.74 Å². The molecule has 140 valence electrons. The van der Waals surface area contributed by atoms with Gasteiger partial charge in [-0.2, -0.15) is 26.4 Å². The topological polar surface area (TPSA) is 82.1 Å². The van der Waals surface area contributed by atoms with E-state index < -0.39 is 16.0 Å². The summed E-state index contributed by atoms with van der Waals surface area (Å²) >= 11 is 0. The van der Waals surface area contributed by atoms with Gasteiger partial charge in [-0.05, 0) is 7.05 Å². The number of piperazine rings is 2. The normalized spacial score (nSPS) is 21.5. The standard InChI is InChI=1S/C14H23FN6O3S/c1-18-3-7-20(8-4-18)25(22,23)21-9-5-19(6-10-21)14-16-11-12(15)13(17-14)24-2/h11H,3-10H2,1-2H3. The summed E-state index contributed by atoms with van der Waals surface area (Å²) in [4.78, 5) is 12.0. The Kier molecular flexibility index (Phi) is 5.37. The smallest absolute Gasteiger partial charge is 0.282 e. The monoisotopic (exact) mass is 374 g/mol. The molecule has 0 bridgehead atoms. The molecule has 1 aromatic rings. The van der Waals surface area contributed by atoms with E-state index in [0.29, 0.717) is 45.2 Å². The average Bonchev–Trinajstić information content (AvgIpc) is 2.62. The Bertz CT molecular complexity index is 703. The molecule has 0 N–H and O–H groups in total. The highest BCUT2D eigenvalue weighted by atomic mass is 32.2. The summed E-state index contributed by atoms with van der Waals surface area (Å²) in [5.41, 5.74) is 0. The lowest BCUT2D eigenvalue weighted by molar-refractivity contribution is 0.210. The van der Waals surface area contributed by atoms with Crippen LogP contribution < -0.4 is 9.64 Å². The second-order valence-corrected chi connectivity index (χ2v) is 8.05. The molecular formula is C14H23FN6O3S. The van der Waals surface area contributed by atoms with Gasteiger partial charge in [-0.25, -0.2) is 4.98 Å². The zero-order valence-electron chi connectivity index (χ0n) is 14.4. The Balaban J connectivity index is 1.63. The Labute approximate surface area is 147 Å². The lowest BCUT2D eigenvalue weighted by atomic mass is 10.4. The van der Waals surface area contributed by atoms with E-state index in [9.17, 15) is 12.8 Å². The molecule has 9 nitrogen and oxygen atoms in total. The highest BCUT2D eigenvalue weighted by Crippen LogP contribution is 2.20. The molecule has 11 heteroatoms. The van der Waals surface area contributed by atoms with Crippen LogP contribution in [0, 0.1) is 5.82 Å². The molecule has 25 heavy (non-hydrogen) atoms. The summed E-state index contributed by atoms with van der Waals surface area (Å²) in [5.74, 6) is -0.394. The number of methoxy groups -OCH3 is 1. The minimum Gasteiger partial charge on any atom is -0.479 e. The maximum Gasteiger partial charge on any atom is 0.282 e. The quantitative estimate of drug-likeness (QED) is 0.685. The van der Waals surface area contributed by atoms with Crippen molar-refractivity contribution in [1.82, 2.24) is 23.5 Å². The molecule has 0 spiro atoms. The zero-order valence-corrected chi connectivity index (χ0v) is 15.2. The van der Waals surface area contributed by atoms with Crippen LogP contribution in [0.1, 0.15) is 0 Å². The molecule has 0 radical (unpaired) electrons. The van der Waals surface area contributed by atoms with Gasteiger partial charge in [0, 0.05) is 52.4 Å². The maximum atomic E-state index is 13.4. The summed E-state index contributed by atoms with van der Waals surface area (Å²) in [5, 5.41) is 0. The van der Waals surface area contributed by atoms with Gasteiger partial charge in [0.25, 0.3) is 16.1 Å². The third kappa shape index (κ3) is 3.84. The van der Waals surface area contributed by atoms with Crippen molar-refractivity contribution in [3.63, 3.8) is 0 Å². The largest absolute Gasteiger partial charge is 0.479 e. The number of nitrogens with zero attached hydrogens (tertiary/aromatic N) is 6. The minimum atomic E-state index is -3.45. The average molecular weight is 374 g/mol. The van der Waals surface area contributed by atoms with E-state index in [1.54, 1.807) is 4.31 Å². The van der Waals surface area contributed by atoms with Crippen LogP contribution in [0.3, 0.4) is 0 Å². The van der Waals surface area contributed by atoms with E-state index >= 15 is 0 Å². The predicted molar refractivity (Wildman–Crippen MR) is 90.3 cm³/mol. The first-order chi connectivity index (χ1) is 11.9. The molecular weight excluding hydrogens is 351 g/mol. The van der Waals surface area contributed by atoms with Gasteiger partial charge in [-0.3, -0.25) is 0 Å². The second kappa shape index (κ2) is 7.36. The van der Waals surface area contributed by atoms with Gasteiger partial charge < -0.3 is 14.5 Å². The molecule has 1 aromatic heterocycles. The van der Waals surface area contributed by atoms with Gasteiger partial charge in [0.05, 0.1) is 13.3 Å². The SMILES string of the molecule is COc1nc(N2CCN(S(=O)(=O)N3CCN(C)CC3)CC2)ncc1F. The van der Waals surface area contributed by atoms with E-state index in [2.05, 4.69) is 14.9 Å². The summed E-state index contributed by atoms with van der Waals surface area (Å²) in [7, 11) is -0.117. The number of anilines is 1. The van der Waals surface area contributed by atoms with Crippen LogP contribution in [0.25, 0.3) is 0 Å². The molecule has 0 unspecified atom stereocenters. The number of rotatable bonds is 4. The van der Waals surface area contributed by atoms with Gasteiger partial charge >= 0.3 is 0 Å². The van der Waals surface area contributed by atoms with Crippen LogP contribution in [0.5, 0.6) is 5.88 Å². The molecule has 0 saturated carbocycles. The van der Waals surface area contributed by atoms with Crippen molar-refractivity contribution < 1.29 is 17.5 Å². The molecule has 3 rings (SSSR count). The maximum absolute atomic E-state index is 13.4. The highest BCUT2D eigenvalue weighted by molar-refractivity contribution is 7.86. The van der Waals surface area contributed by atoms with Gasteiger partial charge in [0.2, 0.25) is 11.8 Å². The molecule has 2 fully saturated rings. The fourth-order valence-corrected chi connectivity index (χ4v) is 4.52. The number of ether oxygens (including phenoxy) is 1. The van der Waals surface area contributed by atoms with Crippen molar-refractivity contribution >= 4 is 16.2 Å². The summed E-state index contributed by atoms with van der Waals surface area (Å²) in [6, 6.07) is 0. The number of likely N-dealkylation sites (N-methyl/N-ethyl adjacent to an activating group) is 1. The molecule has 0 amide bonds. The lowest BCUT2D eigenvalue weighted by Crippen LogP contribution is -2.56. The van der Waals surface area contributed by atoms with Crippen molar-refractivity contribution in [2.24, 2.45) is 0 Å². The van der Waals surface area contributed by atoms with E-state index in [1.807, 2.05) is 11.9 Å². The first-order valence-electron chi connectivity index (χ1n) is 8.17. The van der Waals surface area contributed by atoms with Gasteiger partial charge in [0.15, 0.2) is 0 Å². The van der Waals surface area contributed by atoms with Crippen LogP contribution in [0.2, 0.25) is 0 Å². The van der Waals surface area contributed by atoms with Crippen LogP contribution in [-0.4, -0.2) is 98.4 Å². The molecule has 2 aliphatic rings. The fourth-order valence-electron chi connectivity index (χ4n) is 2.94. The number of hydrogen-bond acceptors (Lipinski definition) is 7. The molecule has 2 saturated heterocycles. The fraction of sp³-hybridized carbons (Fsp3) is 0.714. The summed E-state index contributed by atoms with van der Waals surface area (Å²) in [6.07, 6.45) is 1.06. The van der Waals surface area contributed by atoms with Crippen molar-refractivity contribution in [2.75, 3.05) is 71.4 Å². The van der Waals surface area contributed by atoms with Crippen LogP contribution in [-0.2, 0) is 10.2 Å². The van der Waals surface area contributed by atoms with Crippen LogP contribution in [0.15, 0.2) is 6.20 Å². The van der Waals surface area contributed by atoms with Crippen molar-refractivity contribution in [2.45, 2.75) is 0 Å². The van der Waals surface area contributed by atoms with Gasteiger partial charge in [-0.15, -0.1) is 0 Å². The zero-order chi connectivity index (χ0) is 18.0. The van der Waals surface area contributed by atoms with Crippen LogP contribution in [0.4, 0.5) is 10.3 Å². The first-order valence-corrected chi connectivity index (χ1v) is 9.57. The molecule has 2 aliphatic heterocycles. The number of hydrogen-bond donors (Lipinski definition) is 0. The van der Waals surface area contributed by atoms with E-state index in [0.717, 1.165) is 19.3 Å². The van der Waals surface area contributed by atoms with Crippen LogP contribution >= 0.6 is 0 Å². The van der Waals surface area contributed by atoms with E-state index in [-0.39, 0.29) is 5.88 Å². The molecule has 0 aromatic carbocycles. The Morgan fingerprint density at radius 1 is 1.04 bits per heavy atom. The van der Waals surface area contributed by atoms with Crippen molar-refractivity contribution in [3.8, 4) is 5.88 Å². The Hall–Kier alpha value is -1.56. The summed E-state index contributed by atoms with van der Waals surface area (Å²) < 4.78 is 46.8. The third-order valence-corrected chi connectivity index (χ3v) is 6.56. The number of aromatic nitrogens is 2. The molecule has 0 aliphatic carbocycles. The minimum absolute atomic E-state index is 0.113. The Morgan fingerprint density at radius 2 is 1.60 bits per heavy atom. The lowest BCUT2D eigenvalue weighted by Gasteiger charge is -2.39. The highest BCUT2D eigenvalue weighted by Gasteiger charge is 2.34. The summed E-state index contributed by atoms with van der Waals surface area (Å²) in [6.45, 7) is 4.08. The van der Waals surface area contributed by atoms with E-state index in [1.165, 1.54) is 11.4 Å². The third-order valence-electron chi connectivity index (χ3n) is 4.53.